The molecule has 0 aromatic heterocycles. The van der Waals surface area contributed by atoms with Crippen LogP contribution in [-0.4, -0.2) is 50.1 Å². The van der Waals surface area contributed by atoms with Gasteiger partial charge >= 0.3 is 0 Å². The van der Waals surface area contributed by atoms with E-state index in [-0.39, 0.29) is 41.9 Å². The van der Waals surface area contributed by atoms with Gasteiger partial charge in [0, 0.05) is 37.0 Å². The molecule has 10 heteroatoms. The largest absolute Gasteiger partial charge is 0.354 e. The first kappa shape index (κ1) is 20.5. The Hall–Kier alpha value is -3.24. The van der Waals surface area contributed by atoms with Crippen LogP contribution in [0.15, 0.2) is 53.4 Å². The van der Waals surface area contributed by atoms with Gasteiger partial charge in [-0.15, -0.1) is 0 Å². The van der Waals surface area contributed by atoms with Gasteiger partial charge in [0.15, 0.2) is 0 Å². The van der Waals surface area contributed by atoms with E-state index in [1.54, 1.807) is 24.3 Å². The topological polar surface area (TPSA) is 125 Å². The Morgan fingerprint density at radius 1 is 1.03 bits per heavy atom. The summed E-state index contributed by atoms with van der Waals surface area (Å²) in [6.45, 7) is 1.56. The number of anilines is 2. The van der Waals surface area contributed by atoms with E-state index in [0.717, 1.165) is 4.31 Å². The van der Waals surface area contributed by atoms with E-state index in [4.69, 9.17) is 0 Å². The van der Waals surface area contributed by atoms with Gasteiger partial charge in [-0.05, 0) is 42.5 Å². The SMILES string of the molecule is CC(=O)Nc1ccc(NC(=O)c2cccc(S(=O)(=O)N3CCNC(=O)C3)c2)cc1. The van der Waals surface area contributed by atoms with Crippen molar-refractivity contribution in [3.05, 3.63) is 54.1 Å². The monoisotopic (exact) mass is 416 g/mol. The quantitative estimate of drug-likeness (QED) is 0.671. The van der Waals surface area contributed by atoms with Gasteiger partial charge in [0.05, 0.1) is 11.4 Å². The van der Waals surface area contributed by atoms with Crippen molar-refractivity contribution in [2.24, 2.45) is 0 Å². The summed E-state index contributed by atoms with van der Waals surface area (Å²) in [5.41, 5.74) is 1.25. The minimum atomic E-state index is -3.89. The van der Waals surface area contributed by atoms with Crippen LogP contribution >= 0.6 is 0 Å². The smallest absolute Gasteiger partial charge is 0.255 e. The summed E-state index contributed by atoms with van der Waals surface area (Å²) in [4.78, 5) is 35.0. The lowest BCUT2D eigenvalue weighted by atomic mass is 10.2. The summed E-state index contributed by atoms with van der Waals surface area (Å²) < 4.78 is 26.6. The molecule has 3 N–H and O–H groups in total. The highest BCUT2D eigenvalue weighted by atomic mass is 32.2. The highest BCUT2D eigenvalue weighted by molar-refractivity contribution is 7.89. The third-order valence-corrected chi connectivity index (χ3v) is 6.04. The van der Waals surface area contributed by atoms with Crippen LogP contribution in [0.2, 0.25) is 0 Å². The molecule has 152 valence electrons. The Labute approximate surface area is 168 Å². The average Bonchev–Trinajstić information content (AvgIpc) is 2.69. The van der Waals surface area contributed by atoms with Gasteiger partial charge in [0.2, 0.25) is 21.8 Å². The van der Waals surface area contributed by atoms with Crippen molar-refractivity contribution in [1.29, 1.82) is 0 Å². The molecule has 2 aromatic carbocycles. The van der Waals surface area contributed by atoms with E-state index in [0.29, 0.717) is 11.4 Å². The molecule has 1 heterocycles. The van der Waals surface area contributed by atoms with Crippen LogP contribution in [0.1, 0.15) is 17.3 Å². The molecular formula is C19H20N4O5S. The Bertz CT molecular complexity index is 1050. The number of hydrogen-bond acceptors (Lipinski definition) is 5. The van der Waals surface area contributed by atoms with Crippen molar-refractivity contribution >= 4 is 39.1 Å². The summed E-state index contributed by atoms with van der Waals surface area (Å²) in [5, 5.41) is 7.88. The number of nitrogens with zero attached hydrogens (tertiary/aromatic N) is 1. The zero-order valence-corrected chi connectivity index (χ0v) is 16.5. The number of piperazine rings is 1. The van der Waals surface area contributed by atoms with Crippen molar-refractivity contribution in [3.63, 3.8) is 0 Å². The molecule has 0 radical (unpaired) electrons. The van der Waals surface area contributed by atoms with Gasteiger partial charge in [-0.1, -0.05) is 6.07 Å². The van der Waals surface area contributed by atoms with Crippen LogP contribution in [-0.2, 0) is 19.6 Å². The number of sulfonamides is 1. The van der Waals surface area contributed by atoms with Crippen LogP contribution in [0.3, 0.4) is 0 Å². The molecule has 2 aromatic rings. The summed E-state index contributed by atoms with van der Waals surface area (Å²) in [5.74, 6) is -1.05. The fourth-order valence-corrected chi connectivity index (χ4v) is 4.25. The first-order valence-electron chi connectivity index (χ1n) is 8.81. The van der Waals surface area contributed by atoms with Gasteiger partial charge in [0.25, 0.3) is 5.91 Å². The second-order valence-electron chi connectivity index (χ2n) is 6.43. The maximum atomic E-state index is 12.8. The Kier molecular flexibility index (Phi) is 5.95. The minimum absolute atomic E-state index is 0.0548. The van der Waals surface area contributed by atoms with Crippen LogP contribution in [0.5, 0.6) is 0 Å². The number of amides is 3. The van der Waals surface area contributed by atoms with E-state index in [1.807, 2.05) is 0 Å². The predicted molar refractivity (Wildman–Crippen MR) is 107 cm³/mol. The zero-order chi connectivity index (χ0) is 21.0. The number of carbonyl (C=O) groups is 3. The molecule has 1 aliphatic heterocycles. The second-order valence-corrected chi connectivity index (χ2v) is 8.37. The van der Waals surface area contributed by atoms with E-state index >= 15 is 0 Å². The lowest BCUT2D eigenvalue weighted by Crippen LogP contribution is -2.49. The zero-order valence-electron chi connectivity index (χ0n) is 15.6. The standard InChI is InChI=1S/C19H20N4O5S/c1-13(24)21-15-5-7-16(8-6-15)22-19(26)14-3-2-4-17(11-14)29(27,28)23-10-9-20-18(25)12-23/h2-8,11H,9-10,12H2,1H3,(H,20,25)(H,21,24)(H,22,26). The van der Waals surface area contributed by atoms with Crippen LogP contribution in [0.25, 0.3) is 0 Å². The third kappa shape index (κ3) is 4.98. The maximum Gasteiger partial charge on any atom is 0.255 e. The molecule has 0 unspecified atom stereocenters. The fourth-order valence-electron chi connectivity index (χ4n) is 2.81. The molecule has 29 heavy (non-hydrogen) atoms. The lowest BCUT2D eigenvalue weighted by molar-refractivity contribution is -0.122. The van der Waals surface area contributed by atoms with Crippen LogP contribution in [0, 0.1) is 0 Å². The first-order valence-corrected chi connectivity index (χ1v) is 10.3. The molecule has 0 saturated carbocycles. The molecule has 1 aliphatic rings. The van der Waals surface area contributed by atoms with Crippen LogP contribution < -0.4 is 16.0 Å². The molecule has 0 spiro atoms. The Morgan fingerprint density at radius 2 is 1.69 bits per heavy atom. The predicted octanol–water partition coefficient (Wildman–Crippen LogP) is 1.02. The van der Waals surface area contributed by atoms with Crippen molar-refractivity contribution in [3.8, 4) is 0 Å². The lowest BCUT2D eigenvalue weighted by Gasteiger charge is -2.26. The number of nitrogens with one attached hydrogen (secondary N) is 3. The molecule has 9 nitrogen and oxygen atoms in total. The summed E-state index contributed by atoms with van der Waals surface area (Å²) in [6.07, 6.45) is 0. The van der Waals surface area contributed by atoms with Crippen molar-refractivity contribution < 1.29 is 22.8 Å². The molecule has 3 rings (SSSR count). The molecule has 3 amide bonds. The summed E-state index contributed by atoms with van der Waals surface area (Å²) in [7, 11) is -3.89. The highest BCUT2D eigenvalue weighted by Crippen LogP contribution is 2.19. The van der Waals surface area contributed by atoms with Crippen molar-refractivity contribution in [2.75, 3.05) is 30.3 Å². The van der Waals surface area contributed by atoms with E-state index in [1.165, 1.54) is 31.2 Å². The molecule has 1 saturated heterocycles. The van der Waals surface area contributed by atoms with Gasteiger partial charge in [-0.2, -0.15) is 4.31 Å². The maximum absolute atomic E-state index is 12.8. The average molecular weight is 416 g/mol. The van der Waals surface area contributed by atoms with Crippen molar-refractivity contribution in [2.45, 2.75) is 11.8 Å². The summed E-state index contributed by atoms with van der Waals surface area (Å²) in [6, 6.07) is 12.2. The van der Waals surface area contributed by atoms with Crippen molar-refractivity contribution in [1.82, 2.24) is 9.62 Å². The summed E-state index contributed by atoms with van der Waals surface area (Å²) >= 11 is 0. The molecule has 1 fully saturated rings. The number of carbonyl (C=O) groups excluding carboxylic acids is 3. The number of benzene rings is 2. The normalized spacial score (nSPS) is 14.7. The van der Waals surface area contributed by atoms with E-state index < -0.39 is 15.9 Å². The highest BCUT2D eigenvalue weighted by Gasteiger charge is 2.29. The molecule has 0 atom stereocenters. The molecule has 0 bridgehead atoms. The third-order valence-electron chi connectivity index (χ3n) is 4.20. The van der Waals surface area contributed by atoms with Gasteiger partial charge in [0.1, 0.15) is 0 Å². The number of hydrogen-bond donors (Lipinski definition) is 3. The van der Waals surface area contributed by atoms with Gasteiger partial charge in [-0.25, -0.2) is 8.42 Å². The van der Waals surface area contributed by atoms with Crippen LogP contribution in [0.4, 0.5) is 11.4 Å². The Morgan fingerprint density at radius 3 is 2.31 bits per heavy atom. The molecule has 0 aliphatic carbocycles. The number of rotatable bonds is 5. The Balaban J connectivity index is 1.75. The van der Waals surface area contributed by atoms with E-state index in [9.17, 15) is 22.8 Å². The van der Waals surface area contributed by atoms with Gasteiger partial charge < -0.3 is 16.0 Å². The second kappa shape index (κ2) is 8.41. The molecular weight excluding hydrogens is 396 g/mol. The first-order chi connectivity index (χ1) is 13.8. The van der Waals surface area contributed by atoms with E-state index in [2.05, 4.69) is 16.0 Å². The fraction of sp³-hybridized carbons (Fsp3) is 0.211. The van der Waals surface area contributed by atoms with Gasteiger partial charge in [-0.3, -0.25) is 14.4 Å². The minimum Gasteiger partial charge on any atom is -0.354 e.